The van der Waals surface area contributed by atoms with E-state index in [1.54, 1.807) is 0 Å². The highest BCUT2D eigenvalue weighted by atomic mass is 35.5. The predicted octanol–water partition coefficient (Wildman–Crippen LogP) is 0.238. The summed E-state index contributed by atoms with van der Waals surface area (Å²) in [6, 6.07) is 0. The first kappa shape index (κ1) is 12.6. The molecule has 18 heavy (non-hydrogen) atoms. The van der Waals surface area contributed by atoms with Gasteiger partial charge >= 0.3 is 5.97 Å². The number of nitrogens with zero attached hydrogens (tertiary/aromatic N) is 3. The maximum atomic E-state index is 11.9. The van der Waals surface area contributed by atoms with Gasteiger partial charge in [0.05, 0.1) is 13.0 Å². The van der Waals surface area contributed by atoms with Gasteiger partial charge in [-0.15, -0.1) is 0 Å². The Morgan fingerprint density at radius 3 is 2.94 bits per heavy atom. The number of anilines is 2. The smallest absolute Gasteiger partial charge is 0.311 e. The maximum absolute atomic E-state index is 11.9. The number of hydrogen-bond donors (Lipinski definition) is 1. The molecule has 7 nitrogen and oxygen atoms in total. The molecule has 1 aromatic rings. The lowest BCUT2D eigenvalue weighted by molar-refractivity contribution is -0.145. The maximum Gasteiger partial charge on any atom is 0.311 e. The Labute approximate surface area is 108 Å². The van der Waals surface area contributed by atoms with Crippen molar-refractivity contribution in [1.29, 1.82) is 0 Å². The van der Waals surface area contributed by atoms with Crippen molar-refractivity contribution in [1.82, 2.24) is 9.97 Å². The van der Waals surface area contributed by atoms with Crippen LogP contribution in [0.4, 0.5) is 11.5 Å². The second-order valence-corrected chi connectivity index (χ2v) is 4.18. The average Bonchev–Trinajstić information content (AvgIpc) is 2.70. The van der Waals surface area contributed by atoms with Crippen LogP contribution in [0.3, 0.4) is 0 Å². The van der Waals surface area contributed by atoms with E-state index >= 15 is 0 Å². The third-order valence-electron chi connectivity index (χ3n) is 2.74. The van der Waals surface area contributed by atoms with Gasteiger partial charge in [-0.05, 0) is 0 Å². The molecule has 0 aliphatic carbocycles. The van der Waals surface area contributed by atoms with Crippen LogP contribution in [0.5, 0.6) is 0 Å². The summed E-state index contributed by atoms with van der Waals surface area (Å²) in [5, 5.41) is 0.0846. The molecule has 1 saturated heterocycles. The Balaban J connectivity index is 2.30. The van der Waals surface area contributed by atoms with Crippen molar-refractivity contribution in [3.8, 4) is 0 Å². The molecule has 0 bridgehead atoms. The van der Waals surface area contributed by atoms with Crippen LogP contribution in [-0.4, -0.2) is 35.5 Å². The highest BCUT2D eigenvalue weighted by molar-refractivity contribution is 6.33. The summed E-state index contributed by atoms with van der Waals surface area (Å²) >= 11 is 5.89. The molecule has 2 heterocycles. The van der Waals surface area contributed by atoms with E-state index in [2.05, 4.69) is 14.7 Å². The largest absolute Gasteiger partial charge is 0.469 e. The fourth-order valence-corrected chi connectivity index (χ4v) is 2.11. The molecule has 8 heteroatoms. The summed E-state index contributed by atoms with van der Waals surface area (Å²) in [6.07, 6.45) is 1.27. The summed E-state index contributed by atoms with van der Waals surface area (Å²) in [6.45, 7) is 0.169. The van der Waals surface area contributed by atoms with Crippen molar-refractivity contribution >= 4 is 35.0 Å². The van der Waals surface area contributed by atoms with E-state index in [1.165, 1.54) is 18.3 Å². The Hall–Kier alpha value is -1.89. The quantitative estimate of drug-likeness (QED) is 0.610. The standard InChI is InChI=1S/C10H11ClN4O3/c1-18-10(17)5-2-6(16)15(3-5)7-8(11)13-4-14-9(7)12/h4-5H,2-3H2,1H3,(H2,12,13,14). The Bertz CT molecular complexity index is 488. The van der Waals surface area contributed by atoms with Crippen LogP contribution in [0.2, 0.25) is 5.15 Å². The molecule has 0 aromatic carbocycles. The van der Waals surface area contributed by atoms with Gasteiger partial charge in [0.2, 0.25) is 5.91 Å². The number of amides is 1. The van der Waals surface area contributed by atoms with Gasteiger partial charge in [-0.3, -0.25) is 9.59 Å². The highest BCUT2D eigenvalue weighted by Gasteiger charge is 2.37. The molecule has 96 valence electrons. The van der Waals surface area contributed by atoms with Crippen LogP contribution in [0.1, 0.15) is 6.42 Å². The zero-order valence-corrected chi connectivity index (χ0v) is 10.3. The minimum absolute atomic E-state index is 0.0668. The van der Waals surface area contributed by atoms with E-state index in [1.807, 2.05) is 0 Å². The topological polar surface area (TPSA) is 98.4 Å². The molecule has 1 amide bonds. The summed E-state index contributed by atoms with van der Waals surface area (Å²) in [5.74, 6) is -1.10. The molecule has 1 aliphatic rings. The van der Waals surface area contributed by atoms with Gasteiger partial charge in [-0.1, -0.05) is 11.6 Å². The normalized spacial score (nSPS) is 19.1. The number of nitrogens with two attached hydrogens (primary N) is 1. The number of esters is 1. The first-order chi connectivity index (χ1) is 8.54. The number of carbonyl (C=O) groups is 2. The minimum atomic E-state index is -0.516. The lowest BCUT2D eigenvalue weighted by atomic mass is 10.1. The molecular formula is C10H11ClN4O3. The summed E-state index contributed by atoms with van der Waals surface area (Å²) in [4.78, 5) is 32.1. The molecule has 2 rings (SSSR count). The molecule has 1 aromatic heterocycles. The van der Waals surface area contributed by atoms with Crippen LogP contribution in [0.25, 0.3) is 0 Å². The highest BCUT2D eigenvalue weighted by Crippen LogP contribution is 2.33. The second kappa shape index (κ2) is 4.77. The summed E-state index contributed by atoms with van der Waals surface area (Å²) in [7, 11) is 1.28. The number of aromatic nitrogens is 2. The molecule has 1 aliphatic heterocycles. The van der Waals surface area contributed by atoms with Crippen molar-refractivity contribution in [2.75, 3.05) is 24.3 Å². The van der Waals surface area contributed by atoms with Gasteiger partial charge in [0, 0.05) is 13.0 Å². The van der Waals surface area contributed by atoms with E-state index in [4.69, 9.17) is 17.3 Å². The molecule has 0 radical (unpaired) electrons. The number of ether oxygens (including phenoxy) is 1. The number of rotatable bonds is 2. The number of methoxy groups -OCH3 is 1. The number of nitrogen functional groups attached to an aromatic ring is 1. The van der Waals surface area contributed by atoms with Gasteiger partial charge in [-0.25, -0.2) is 9.97 Å². The average molecular weight is 271 g/mol. The lowest BCUT2D eigenvalue weighted by Gasteiger charge is -2.18. The predicted molar refractivity (Wildman–Crippen MR) is 63.9 cm³/mol. The molecular weight excluding hydrogens is 260 g/mol. The summed E-state index contributed by atoms with van der Waals surface area (Å²) < 4.78 is 4.61. The number of carbonyl (C=O) groups excluding carboxylic acids is 2. The van der Waals surface area contributed by atoms with Gasteiger partial charge < -0.3 is 15.4 Å². The first-order valence-electron chi connectivity index (χ1n) is 5.18. The molecule has 2 N–H and O–H groups in total. The molecule has 1 unspecified atom stereocenters. The second-order valence-electron chi connectivity index (χ2n) is 3.83. The third kappa shape index (κ3) is 2.08. The number of halogens is 1. The van der Waals surface area contributed by atoms with Crippen molar-refractivity contribution < 1.29 is 14.3 Å². The number of hydrogen-bond acceptors (Lipinski definition) is 6. The van der Waals surface area contributed by atoms with E-state index in [0.717, 1.165) is 0 Å². The molecule has 1 fully saturated rings. The molecule has 1 atom stereocenters. The van der Waals surface area contributed by atoms with Crippen LogP contribution < -0.4 is 10.6 Å². The zero-order chi connectivity index (χ0) is 13.3. The van der Waals surface area contributed by atoms with Crippen LogP contribution in [-0.2, 0) is 14.3 Å². The molecule has 0 spiro atoms. The third-order valence-corrected chi connectivity index (χ3v) is 3.01. The summed E-state index contributed by atoms with van der Waals surface area (Å²) in [5.41, 5.74) is 5.92. The fraction of sp³-hybridized carbons (Fsp3) is 0.400. The zero-order valence-electron chi connectivity index (χ0n) is 9.59. The van der Waals surface area contributed by atoms with Crippen LogP contribution >= 0.6 is 11.6 Å². The SMILES string of the molecule is COC(=O)C1CC(=O)N(c2c(N)ncnc2Cl)C1. The van der Waals surface area contributed by atoms with E-state index in [-0.39, 0.29) is 35.5 Å². The van der Waals surface area contributed by atoms with Crippen molar-refractivity contribution in [3.05, 3.63) is 11.5 Å². The van der Waals surface area contributed by atoms with Gasteiger partial charge in [0.1, 0.15) is 12.0 Å². The Morgan fingerprint density at radius 1 is 1.61 bits per heavy atom. The van der Waals surface area contributed by atoms with Crippen LogP contribution in [0.15, 0.2) is 6.33 Å². The van der Waals surface area contributed by atoms with Crippen LogP contribution in [0, 0.1) is 5.92 Å². The van der Waals surface area contributed by atoms with E-state index < -0.39 is 11.9 Å². The van der Waals surface area contributed by atoms with E-state index in [9.17, 15) is 9.59 Å². The van der Waals surface area contributed by atoms with Crippen molar-refractivity contribution in [2.45, 2.75) is 6.42 Å². The Kier molecular flexibility index (Phi) is 3.33. The van der Waals surface area contributed by atoms with Gasteiger partial charge in [0.15, 0.2) is 11.0 Å². The van der Waals surface area contributed by atoms with Gasteiger partial charge in [-0.2, -0.15) is 0 Å². The fourth-order valence-electron chi connectivity index (χ4n) is 1.87. The monoisotopic (exact) mass is 270 g/mol. The minimum Gasteiger partial charge on any atom is -0.469 e. The van der Waals surface area contributed by atoms with Gasteiger partial charge in [0.25, 0.3) is 0 Å². The van der Waals surface area contributed by atoms with Crippen molar-refractivity contribution in [2.24, 2.45) is 5.92 Å². The first-order valence-corrected chi connectivity index (χ1v) is 5.56. The lowest BCUT2D eigenvalue weighted by Crippen LogP contribution is -2.27. The molecule has 0 saturated carbocycles. The Morgan fingerprint density at radius 2 is 2.33 bits per heavy atom. The van der Waals surface area contributed by atoms with Crippen molar-refractivity contribution in [3.63, 3.8) is 0 Å². The van der Waals surface area contributed by atoms with E-state index in [0.29, 0.717) is 0 Å².